The van der Waals surface area contributed by atoms with Gasteiger partial charge in [0.2, 0.25) is 0 Å². The first-order valence-electron chi connectivity index (χ1n) is 6.16. The van der Waals surface area contributed by atoms with Crippen LogP contribution in [0.4, 0.5) is 0 Å². The summed E-state index contributed by atoms with van der Waals surface area (Å²) >= 11 is 1.59. The normalized spacial score (nSPS) is 18.1. The molecule has 0 bridgehead atoms. The third-order valence-electron chi connectivity index (χ3n) is 3.34. The van der Waals surface area contributed by atoms with Gasteiger partial charge in [-0.25, -0.2) is 0 Å². The van der Waals surface area contributed by atoms with Gasteiger partial charge in [0, 0.05) is 11.4 Å². The molecular weight excluding hydrogens is 230 g/mol. The van der Waals surface area contributed by atoms with E-state index in [0.29, 0.717) is 0 Å². The van der Waals surface area contributed by atoms with Crippen molar-refractivity contribution in [1.82, 2.24) is 10.2 Å². The molecule has 0 amide bonds. The Labute approximate surface area is 107 Å². The molecule has 2 rings (SSSR count). The first-order chi connectivity index (χ1) is 8.28. The van der Waals surface area contributed by atoms with E-state index in [1.165, 1.54) is 30.8 Å². The molecule has 0 aliphatic carbocycles. The van der Waals surface area contributed by atoms with Crippen LogP contribution in [0.5, 0.6) is 0 Å². The Morgan fingerprint density at radius 3 is 2.88 bits per heavy atom. The van der Waals surface area contributed by atoms with Crippen molar-refractivity contribution in [2.75, 3.05) is 26.7 Å². The number of nitrogens with zero attached hydrogens (tertiary/aromatic N) is 2. The van der Waals surface area contributed by atoms with Crippen molar-refractivity contribution in [3.05, 3.63) is 21.9 Å². The second-order valence-electron chi connectivity index (χ2n) is 4.76. The van der Waals surface area contributed by atoms with Crippen LogP contribution in [-0.2, 0) is 6.54 Å². The molecule has 1 aliphatic heterocycles. The Kier molecular flexibility index (Phi) is 4.55. The van der Waals surface area contributed by atoms with E-state index in [-0.39, 0.29) is 0 Å². The van der Waals surface area contributed by atoms with Gasteiger partial charge >= 0.3 is 0 Å². The summed E-state index contributed by atoms with van der Waals surface area (Å²) in [6.07, 6.45) is 2.61. The van der Waals surface area contributed by atoms with Crippen molar-refractivity contribution in [2.24, 2.45) is 5.92 Å². The molecule has 1 aliphatic rings. The summed E-state index contributed by atoms with van der Waals surface area (Å²) in [6.45, 7) is 4.46. The van der Waals surface area contributed by atoms with E-state index >= 15 is 0 Å². The van der Waals surface area contributed by atoms with Gasteiger partial charge in [0.1, 0.15) is 10.9 Å². The fraction of sp³-hybridized carbons (Fsp3) is 0.615. The molecule has 1 aromatic rings. The zero-order valence-electron chi connectivity index (χ0n) is 10.3. The van der Waals surface area contributed by atoms with Crippen LogP contribution in [0, 0.1) is 17.2 Å². The molecule has 1 fully saturated rings. The lowest BCUT2D eigenvalue weighted by Crippen LogP contribution is -2.34. The van der Waals surface area contributed by atoms with Crippen molar-refractivity contribution in [2.45, 2.75) is 19.4 Å². The average Bonchev–Trinajstić information content (AvgIpc) is 2.80. The Morgan fingerprint density at radius 2 is 2.24 bits per heavy atom. The lowest BCUT2D eigenvalue weighted by molar-refractivity contribution is 0.216. The van der Waals surface area contributed by atoms with Gasteiger partial charge in [-0.1, -0.05) is 0 Å². The second-order valence-corrected chi connectivity index (χ2v) is 5.92. The van der Waals surface area contributed by atoms with Gasteiger partial charge in [-0.15, -0.1) is 11.3 Å². The van der Waals surface area contributed by atoms with Gasteiger partial charge in [-0.3, -0.25) is 0 Å². The first kappa shape index (κ1) is 12.6. The maximum atomic E-state index is 8.74. The molecule has 4 heteroatoms. The fourth-order valence-electron chi connectivity index (χ4n) is 2.20. The maximum absolute atomic E-state index is 8.74. The van der Waals surface area contributed by atoms with Crippen LogP contribution >= 0.6 is 11.3 Å². The summed E-state index contributed by atoms with van der Waals surface area (Å²) < 4.78 is 0. The minimum absolute atomic E-state index is 0.807. The Bertz CT molecular complexity index is 386. The van der Waals surface area contributed by atoms with Crippen molar-refractivity contribution < 1.29 is 0 Å². The van der Waals surface area contributed by atoms with Gasteiger partial charge in [0.25, 0.3) is 0 Å². The highest BCUT2D eigenvalue weighted by Gasteiger charge is 2.15. The van der Waals surface area contributed by atoms with E-state index < -0.39 is 0 Å². The van der Waals surface area contributed by atoms with Crippen LogP contribution in [0.25, 0.3) is 0 Å². The fourth-order valence-corrected chi connectivity index (χ4v) is 2.97. The largest absolute Gasteiger partial charge is 0.312 e. The number of nitriles is 1. The molecule has 1 aromatic heterocycles. The topological polar surface area (TPSA) is 39.1 Å². The predicted octanol–water partition coefficient (Wildman–Crippen LogP) is 2.05. The summed E-state index contributed by atoms with van der Waals surface area (Å²) in [5.74, 6) is 0.821. The van der Waals surface area contributed by atoms with Gasteiger partial charge in [0.05, 0.1) is 0 Å². The summed E-state index contributed by atoms with van der Waals surface area (Å²) in [5.41, 5.74) is 0. The predicted molar refractivity (Wildman–Crippen MR) is 71.0 cm³/mol. The molecule has 2 heterocycles. The molecule has 0 aromatic carbocycles. The van der Waals surface area contributed by atoms with Crippen molar-refractivity contribution >= 4 is 11.3 Å². The molecule has 92 valence electrons. The Morgan fingerprint density at radius 1 is 1.47 bits per heavy atom. The first-order valence-corrected chi connectivity index (χ1v) is 6.97. The zero-order valence-corrected chi connectivity index (χ0v) is 11.1. The molecule has 3 nitrogen and oxygen atoms in total. The highest BCUT2D eigenvalue weighted by Crippen LogP contribution is 2.17. The second kappa shape index (κ2) is 6.15. The monoisotopic (exact) mass is 249 g/mol. The van der Waals surface area contributed by atoms with E-state index in [1.807, 2.05) is 12.1 Å². The molecule has 0 spiro atoms. The number of nitrogens with one attached hydrogen (secondary N) is 1. The van der Waals surface area contributed by atoms with Crippen LogP contribution in [-0.4, -0.2) is 31.6 Å². The third kappa shape index (κ3) is 3.81. The molecule has 1 saturated heterocycles. The van der Waals surface area contributed by atoms with Gasteiger partial charge in [0.15, 0.2) is 0 Å². The van der Waals surface area contributed by atoms with Crippen molar-refractivity contribution in [3.8, 4) is 6.07 Å². The molecular formula is C13H19N3S. The molecule has 1 N–H and O–H groups in total. The van der Waals surface area contributed by atoms with E-state index in [0.717, 1.165) is 23.9 Å². The van der Waals surface area contributed by atoms with Crippen molar-refractivity contribution in [3.63, 3.8) is 0 Å². The Hall–Kier alpha value is -0.890. The minimum atomic E-state index is 0.807. The standard InChI is InChI=1S/C13H19N3S/c1-16-6-4-11(5-7-16)9-15-10-13-3-2-12(8-14)17-13/h2-3,11,15H,4-7,9-10H2,1H3. The molecule has 0 saturated carbocycles. The molecule has 0 atom stereocenters. The smallest absolute Gasteiger partial charge is 0.110 e. The van der Waals surface area contributed by atoms with Gasteiger partial charge in [-0.05, 0) is 57.6 Å². The van der Waals surface area contributed by atoms with E-state index in [1.54, 1.807) is 11.3 Å². The third-order valence-corrected chi connectivity index (χ3v) is 4.33. The quantitative estimate of drug-likeness (QED) is 0.887. The van der Waals surface area contributed by atoms with E-state index in [2.05, 4.69) is 23.3 Å². The van der Waals surface area contributed by atoms with Crippen molar-refractivity contribution in [1.29, 1.82) is 5.26 Å². The minimum Gasteiger partial charge on any atom is -0.312 e. The van der Waals surface area contributed by atoms with E-state index in [4.69, 9.17) is 5.26 Å². The summed E-state index contributed by atoms with van der Waals surface area (Å²) in [4.78, 5) is 4.46. The number of rotatable bonds is 4. The molecule has 0 unspecified atom stereocenters. The maximum Gasteiger partial charge on any atom is 0.110 e. The van der Waals surface area contributed by atoms with Crippen LogP contribution in [0.2, 0.25) is 0 Å². The zero-order chi connectivity index (χ0) is 12.1. The highest BCUT2D eigenvalue weighted by molar-refractivity contribution is 7.12. The Balaban J connectivity index is 1.67. The summed E-state index contributed by atoms with van der Waals surface area (Å²) in [5, 5.41) is 12.2. The van der Waals surface area contributed by atoms with Crippen LogP contribution in [0.3, 0.4) is 0 Å². The van der Waals surface area contributed by atoms with Crippen LogP contribution < -0.4 is 5.32 Å². The SMILES string of the molecule is CN1CCC(CNCc2ccc(C#N)s2)CC1. The summed E-state index contributed by atoms with van der Waals surface area (Å²) in [7, 11) is 2.19. The average molecular weight is 249 g/mol. The van der Waals surface area contributed by atoms with E-state index in [9.17, 15) is 0 Å². The molecule has 0 radical (unpaired) electrons. The number of hydrogen-bond donors (Lipinski definition) is 1. The highest BCUT2D eigenvalue weighted by atomic mass is 32.1. The number of thiophene rings is 1. The number of likely N-dealkylation sites (tertiary alicyclic amines) is 1. The van der Waals surface area contributed by atoms with Crippen LogP contribution in [0.15, 0.2) is 12.1 Å². The lowest BCUT2D eigenvalue weighted by atomic mass is 9.97. The van der Waals surface area contributed by atoms with Gasteiger partial charge in [-0.2, -0.15) is 5.26 Å². The number of piperidine rings is 1. The lowest BCUT2D eigenvalue weighted by Gasteiger charge is -2.28. The molecule has 17 heavy (non-hydrogen) atoms. The van der Waals surface area contributed by atoms with Gasteiger partial charge < -0.3 is 10.2 Å². The van der Waals surface area contributed by atoms with Crippen LogP contribution in [0.1, 0.15) is 22.6 Å². The number of hydrogen-bond acceptors (Lipinski definition) is 4. The summed E-state index contributed by atoms with van der Waals surface area (Å²) in [6, 6.07) is 6.12.